The number of aromatic nitrogens is 3. The molecule has 3 heterocycles. The number of nitrogens with one attached hydrogen (secondary N) is 1. The van der Waals surface area contributed by atoms with Gasteiger partial charge in [-0.1, -0.05) is 0 Å². The first-order valence-electron chi connectivity index (χ1n) is 6.57. The van der Waals surface area contributed by atoms with Crippen molar-refractivity contribution in [1.29, 1.82) is 0 Å². The molecule has 0 spiro atoms. The zero-order chi connectivity index (χ0) is 13.2. The maximum atomic E-state index is 4.51. The molecule has 0 saturated carbocycles. The largest absolute Gasteiger partial charge is 0.337 e. The van der Waals surface area contributed by atoms with E-state index in [9.17, 15) is 0 Å². The van der Waals surface area contributed by atoms with Gasteiger partial charge in [-0.3, -0.25) is 4.90 Å². The topological polar surface area (TPSA) is 46.0 Å². The molecule has 1 fully saturated rings. The van der Waals surface area contributed by atoms with Crippen molar-refractivity contribution in [2.75, 3.05) is 19.6 Å². The van der Waals surface area contributed by atoms with E-state index in [0.717, 1.165) is 37.0 Å². The molecule has 5 nitrogen and oxygen atoms in total. The van der Waals surface area contributed by atoms with E-state index in [0.29, 0.717) is 6.04 Å². The molecule has 0 bridgehead atoms. The Morgan fingerprint density at radius 3 is 3.05 bits per heavy atom. The van der Waals surface area contributed by atoms with Crippen LogP contribution in [0.2, 0.25) is 0 Å². The number of nitrogens with zero attached hydrogens (tertiary/aromatic N) is 4. The van der Waals surface area contributed by atoms with Crippen LogP contribution in [-0.4, -0.2) is 39.1 Å². The molecule has 1 aliphatic heterocycles. The maximum Gasteiger partial charge on any atom is 0.127 e. The van der Waals surface area contributed by atoms with Crippen LogP contribution in [0.15, 0.2) is 18.6 Å². The van der Waals surface area contributed by atoms with E-state index in [1.54, 1.807) is 11.3 Å². The standard InChI is InChI=1S/C13H19N5S/c1-10-16-7-11(19-10)9-18-6-3-14-8-12(18)13-15-4-5-17(13)2/h4-5,7,12,14H,3,6,8-9H2,1-2H3. The Kier molecular flexibility index (Phi) is 3.63. The predicted molar refractivity (Wildman–Crippen MR) is 76.1 cm³/mol. The molecule has 0 aliphatic carbocycles. The molecule has 2 aromatic heterocycles. The van der Waals surface area contributed by atoms with Gasteiger partial charge in [-0.05, 0) is 6.92 Å². The fourth-order valence-electron chi connectivity index (χ4n) is 2.57. The van der Waals surface area contributed by atoms with Crippen LogP contribution in [0.4, 0.5) is 0 Å². The normalized spacial score (nSPS) is 20.8. The molecular weight excluding hydrogens is 258 g/mol. The van der Waals surface area contributed by atoms with Crippen LogP contribution in [0.1, 0.15) is 21.8 Å². The molecule has 0 amide bonds. The highest BCUT2D eigenvalue weighted by Crippen LogP contribution is 2.24. The molecule has 1 saturated heterocycles. The minimum Gasteiger partial charge on any atom is -0.337 e. The Balaban J connectivity index is 1.79. The third kappa shape index (κ3) is 2.70. The number of hydrogen-bond donors (Lipinski definition) is 1. The second kappa shape index (κ2) is 5.40. The predicted octanol–water partition coefficient (Wildman–Crippen LogP) is 1.33. The zero-order valence-electron chi connectivity index (χ0n) is 11.3. The average molecular weight is 277 g/mol. The van der Waals surface area contributed by atoms with Crippen molar-refractivity contribution in [2.45, 2.75) is 19.5 Å². The number of thiazole rings is 1. The fraction of sp³-hybridized carbons (Fsp3) is 0.538. The smallest absolute Gasteiger partial charge is 0.127 e. The van der Waals surface area contributed by atoms with Crippen molar-refractivity contribution in [3.63, 3.8) is 0 Å². The first-order valence-corrected chi connectivity index (χ1v) is 7.39. The van der Waals surface area contributed by atoms with E-state index in [4.69, 9.17) is 0 Å². The zero-order valence-corrected chi connectivity index (χ0v) is 12.2. The highest BCUT2D eigenvalue weighted by atomic mass is 32.1. The second-order valence-corrected chi connectivity index (χ2v) is 6.25. The number of imidazole rings is 1. The van der Waals surface area contributed by atoms with E-state index >= 15 is 0 Å². The summed E-state index contributed by atoms with van der Waals surface area (Å²) in [5.41, 5.74) is 0. The highest BCUT2D eigenvalue weighted by Gasteiger charge is 2.26. The van der Waals surface area contributed by atoms with E-state index in [-0.39, 0.29) is 0 Å². The summed E-state index contributed by atoms with van der Waals surface area (Å²) in [5.74, 6) is 1.13. The molecule has 0 radical (unpaired) electrons. The lowest BCUT2D eigenvalue weighted by atomic mass is 10.1. The maximum absolute atomic E-state index is 4.51. The van der Waals surface area contributed by atoms with Crippen molar-refractivity contribution in [3.8, 4) is 0 Å². The van der Waals surface area contributed by atoms with Crippen LogP contribution < -0.4 is 5.32 Å². The van der Waals surface area contributed by atoms with Gasteiger partial charge in [0.15, 0.2) is 0 Å². The Labute approximate surface area is 117 Å². The van der Waals surface area contributed by atoms with Crippen LogP contribution in [0.5, 0.6) is 0 Å². The van der Waals surface area contributed by atoms with Gasteiger partial charge in [-0.2, -0.15) is 0 Å². The third-order valence-electron chi connectivity index (χ3n) is 3.54. The highest BCUT2D eigenvalue weighted by molar-refractivity contribution is 7.11. The number of piperazine rings is 1. The summed E-state index contributed by atoms with van der Waals surface area (Å²) in [6.45, 7) is 6.07. The quantitative estimate of drug-likeness (QED) is 0.919. The van der Waals surface area contributed by atoms with Crippen molar-refractivity contribution >= 4 is 11.3 Å². The molecule has 19 heavy (non-hydrogen) atoms. The fourth-order valence-corrected chi connectivity index (χ4v) is 3.39. The lowest BCUT2D eigenvalue weighted by Crippen LogP contribution is -2.46. The van der Waals surface area contributed by atoms with Gasteiger partial charge < -0.3 is 9.88 Å². The minimum atomic E-state index is 0.344. The second-order valence-electron chi connectivity index (χ2n) is 4.93. The molecule has 102 valence electrons. The summed E-state index contributed by atoms with van der Waals surface area (Å²) in [4.78, 5) is 12.7. The molecule has 1 N–H and O–H groups in total. The molecular formula is C13H19N5S. The summed E-state index contributed by atoms with van der Waals surface area (Å²) in [6, 6.07) is 0.344. The summed E-state index contributed by atoms with van der Waals surface area (Å²) in [7, 11) is 2.06. The first kappa shape index (κ1) is 12.8. The molecule has 0 aromatic carbocycles. The Morgan fingerprint density at radius 1 is 1.47 bits per heavy atom. The van der Waals surface area contributed by atoms with Gasteiger partial charge in [-0.25, -0.2) is 9.97 Å². The summed E-state index contributed by atoms with van der Waals surface area (Å²) in [6.07, 6.45) is 5.88. The van der Waals surface area contributed by atoms with E-state index in [2.05, 4.69) is 38.7 Å². The Hall–Kier alpha value is -1.24. The molecule has 6 heteroatoms. The van der Waals surface area contributed by atoms with Crippen molar-refractivity contribution in [1.82, 2.24) is 24.8 Å². The van der Waals surface area contributed by atoms with Gasteiger partial charge in [0.1, 0.15) is 5.82 Å². The third-order valence-corrected chi connectivity index (χ3v) is 4.44. The number of aryl methyl sites for hydroxylation is 2. The van der Waals surface area contributed by atoms with Crippen molar-refractivity contribution in [2.24, 2.45) is 7.05 Å². The minimum absolute atomic E-state index is 0.344. The van der Waals surface area contributed by atoms with Crippen molar-refractivity contribution in [3.05, 3.63) is 34.3 Å². The van der Waals surface area contributed by atoms with Crippen LogP contribution >= 0.6 is 11.3 Å². The van der Waals surface area contributed by atoms with E-state index < -0.39 is 0 Å². The van der Waals surface area contributed by atoms with Gasteiger partial charge >= 0.3 is 0 Å². The van der Waals surface area contributed by atoms with E-state index in [1.807, 2.05) is 18.6 Å². The Morgan fingerprint density at radius 2 is 2.37 bits per heavy atom. The van der Waals surface area contributed by atoms with Crippen LogP contribution in [0, 0.1) is 6.92 Å². The average Bonchev–Trinajstić information content (AvgIpc) is 2.99. The van der Waals surface area contributed by atoms with Gasteiger partial charge in [-0.15, -0.1) is 11.3 Å². The number of hydrogen-bond acceptors (Lipinski definition) is 5. The molecule has 2 aromatic rings. The van der Waals surface area contributed by atoms with Crippen molar-refractivity contribution < 1.29 is 0 Å². The number of rotatable bonds is 3. The van der Waals surface area contributed by atoms with Crippen LogP contribution in [-0.2, 0) is 13.6 Å². The molecule has 1 unspecified atom stereocenters. The summed E-state index contributed by atoms with van der Waals surface area (Å²) >= 11 is 1.78. The SMILES string of the molecule is Cc1ncc(CN2CCNCC2c2nccn2C)s1. The summed E-state index contributed by atoms with van der Waals surface area (Å²) < 4.78 is 2.11. The van der Waals surface area contributed by atoms with Gasteiger partial charge in [0.05, 0.1) is 11.0 Å². The molecule has 1 aliphatic rings. The van der Waals surface area contributed by atoms with Gasteiger partial charge in [0.2, 0.25) is 0 Å². The summed E-state index contributed by atoms with van der Waals surface area (Å²) in [5, 5.41) is 4.60. The van der Waals surface area contributed by atoms with Gasteiger partial charge in [0, 0.05) is 56.7 Å². The molecule has 1 atom stereocenters. The van der Waals surface area contributed by atoms with E-state index in [1.165, 1.54) is 4.88 Å². The monoisotopic (exact) mass is 277 g/mol. The van der Waals surface area contributed by atoms with Crippen LogP contribution in [0.25, 0.3) is 0 Å². The molecule has 3 rings (SSSR count). The lowest BCUT2D eigenvalue weighted by Gasteiger charge is -2.35. The Bertz CT molecular complexity index is 547. The lowest BCUT2D eigenvalue weighted by molar-refractivity contribution is 0.146. The van der Waals surface area contributed by atoms with Crippen LogP contribution in [0.3, 0.4) is 0 Å². The van der Waals surface area contributed by atoms with Gasteiger partial charge in [0.25, 0.3) is 0 Å². The first-order chi connectivity index (χ1) is 9.24.